The molecule has 4 N–H and O–H groups in total. The van der Waals surface area contributed by atoms with Crippen molar-refractivity contribution in [2.45, 2.75) is 19.3 Å². The molecule has 0 aromatic rings. The van der Waals surface area contributed by atoms with Crippen LogP contribution < -0.4 is 5.32 Å². The van der Waals surface area contributed by atoms with Gasteiger partial charge in [0.2, 0.25) is 0 Å². The predicted octanol–water partition coefficient (Wildman–Crippen LogP) is -1.27. The van der Waals surface area contributed by atoms with Gasteiger partial charge in [0.05, 0.1) is 19.8 Å². The Morgan fingerprint density at radius 1 is 0.944 bits per heavy atom. The van der Waals surface area contributed by atoms with Crippen molar-refractivity contribution in [3.05, 3.63) is 0 Å². The fraction of sp³-hybridized carbons (Fsp3) is 1.00. The van der Waals surface area contributed by atoms with Crippen LogP contribution in [0.25, 0.3) is 0 Å². The van der Waals surface area contributed by atoms with Crippen molar-refractivity contribution in [1.29, 1.82) is 0 Å². The van der Waals surface area contributed by atoms with Gasteiger partial charge in [0.25, 0.3) is 0 Å². The average molecular weight is 262 g/mol. The Bertz CT molecular complexity index is 209. The van der Waals surface area contributed by atoms with Gasteiger partial charge in [-0.05, 0) is 6.42 Å². The molecule has 0 spiro atoms. The Morgan fingerprint density at radius 3 is 2.11 bits per heavy atom. The maximum absolute atomic E-state index is 9.02. The molecule has 0 aromatic carbocycles. The molecule has 6 heteroatoms. The first-order valence-corrected chi connectivity index (χ1v) is 6.87. The Morgan fingerprint density at radius 2 is 1.56 bits per heavy atom. The molecule has 0 bridgehead atoms. The molecule has 0 saturated carbocycles. The third-order valence-electron chi connectivity index (χ3n) is 3.50. The first kappa shape index (κ1) is 15.8. The Kier molecular flexibility index (Phi) is 7.73. The van der Waals surface area contributed by atoms with Crippen molar-refractivity contribution in [2.24, 2.45) is 0 Å². The molecule has 0 amide bonds. The zero-order chi connectivity index (χ0) is 13.3. The van der Waals surface area contributed by atoms with Crippen molar-refractivity contribution in [3.63, 3.8) is 0 Å². The van der Waals surface area contributed by atoms with Crippen molar-refractivity contribution in [1.82, 2.24) is 10.2 Å². The molecule has 108 valence electrons. The van der Waals surface area contributed by atoms with Gasteiger partial charge in [-0.15, -0.1) is 0 Å². The number of hydrogen-bond donors (Lipinski definition) is 4. The van der Waals surface area contributed by atoms with E-state index in [1.165, 1.54) is 0 Å². The molecule has 0 radical (unpaired) electrons. The normalized spacial score (nSPS) is 20.2. The first-order valence-electron chi connectivity index (χ1n) is 6.87. The molecular weight excluding hydrogens is 234 g/mol. The number of aliphatic hydroxyl groups is 3. The lowest BCUT2D eigenvalue weighted by Gasteiger charge is -2.46. The van der Waals surface area contributed by atoms with Gasteiger partial charge in [-0.2, -0.15) is 0 Å². The maximum atomic E-state index is 9.02. The summed E-state index contributed by atoms with van der Waals surface area (Å²) in [5.41, 5.74) is 0. The van der Waals surface area contributed by atoms with E-state index in [1.807, 2.05) is 0 Å². The molecule has 0 aliphatic carbocycles. The second kappa shape index (κ2) is 8.79. The second-order valence-electron chi connectivity index (χ2n) is 5.12. The van der Waals surface area contributed by atoms with Gasteiger partial charge in [0.15, 0.2) is 0 Å². The van der Waals surface area contributed by atoms with Gasteiger partial charge in [0, 0.05) is 39.2 Å². The highest BCUT2D eigenvalue weighted by atomic mass is 16.3. The third-order valence-corrected chi connectivity index (χ3v) is 3.50. The number of aliphatic hydroxyl groups excluding tert-OH is 3. The summed E-state index contributed by atoms with van der Waals surface area (Å²) in [6.07, 6.45) is 2.38. The van der Waals surface area contributed by atoms with Crippen molar-refractivity contribution < 1.29 is 19.8 Å². The number of quaternary nitrogens is 1. The molecule has 1 aliphatic heterocycles. The highest BCUT2D eigenvalue weighted by molar-refractivity contribution is 4.58. The lowest BCUT2D eigenvalue weighted by molar-refractivity contribution is -0.946. The van der Waals surface area contributed by atoms with Crippen LogP contribution in [-0.2, 0) is 0 Å². The smallest absolute Gasteiger partial charge is 0.137 e. The van der Waals surface area contributed by atoms with Gasteiger partial charge >= 0.3 is 0 Å². The zero-order valence-corrected chi connectivity index (χ0v) is 11.2. The van der Waals surface area contributed by atoms with Gasteiger partial charge in [-0.25, -0.2) is 4.90 Å². The van der Waals surface area contributed by atoms with E-state index in [-0.39, 0.29) is 19.8 Å². The summed E-state index contributed by atoms with van der Waals surface area (Å²) >= 11 is 0. The monoisotopic (exact) mass is 262 g/mol. The van der Waals surface area contributed by atoms with Crippen molar-refractivity contribution >= 4 is 0 Å². The number of nitrogens with zero attached hydrogens (tertiary/aromatic N) is 2. The van der Waals surface area contributed by atoms with E-state index in [0.717, 1.165) is 63.4 Å². The van der Waals surface area contributed by atoms with Crippen LogP contribution in [0.4, 0.5) is 0 Å². The van der Waals surface area contributed by atoms with E-state index in [1.54, 1.807) is 0 Å². The van der Waals surface area contributed by atoms with Crippen LogP contribution in [0, 0.1) is 0 Å². The molecule has 0 atom stereocenters. The van der Waals surface area contributed by atoms with Crippen LogP contribution in [0.15, 0.2) is 0 Å². The SMILES string of the molecule is OCCCN1CNC[N+](CCCO)(CCCO)C1. The quantitative estimate of drug-likeness (QED) is 0.390. The first-order chi connectivity index (χ1) is 8.76. The summed E-state index contributed by atoms with van der Waals surface area (Å²) in [7, 11) is 0. The van der Waals surface area contributed by atoms with Crippen LogP contribution in [0.1, 0.15) is 19.3 Å². The summed E-state index contributed by atoms with van der Waals surface area (Å²) in [5, 5.41) is 30.3. The average Bonchev–Trinajstić information content (AvgIpc) is 2.41. The van der Waals surface area contributed by atoms with Crippen LogP contribution in [0.2, 0.25) is 0 Å². The largest absolute Gasteiger partial charge is 0.396 e. The van der Waals surface area contributed by atoms with Gasteiger partial charge in [0.1, 0.15) is 13.3 Å². The lowest BCUT2D eigenvalue weighted by atomic mass is 10.2. The van der Waals surface area contributed by atoms with Crippen LogP contribution in [0.5, 0.6) is 0 Å². The molecule has 6 nitrogen and oxygen atoms in total. The summed E-state index contributed by atoms with van der Waals surface area (Å²) < 4.78 is 0.881. The predicted molar refractivity (Wildman–Crippen MR) is 69.5 cm³/mol. The Balaban J connectivity index is 2.51. The molecule has 1 fully saturated rings. The molecule has 0 aromatic heterocycles. The van der Waals surface area contributed by atoms with Crippen LogP contribution >= 0.6 is 0 Å². The lowest BCUT2D eigenvalue weighted by Crippen LogP contribution is -2.65. The van der Waals surface area contributed by atoms with E-state index in [9.17, 15) is 0 Å². The standard InChI is InChI=1S/C12H28N3O3/c16-7-1-4-14-10-13-11-15(12-14,5-2-8-17)6-3-9-18/h13,16-18H,1-12H2/q+1. The number of nitrogens with one attached hydrogen (secondary N) is 1. The van der Waals surface area contributed by atoms with Crippen molar-refractivity contribution in [3.8, 4) is 0 Å². The van der Waals surface area contributed by atoms with Crippen LogP contribution in [0.3, 0.4) is 0 Å². The molecule has 1 aliphatic rings. The maximum Gasteiger partial charge on any atom is 0.137 e. The molecule has 0 unspecified atom stereocenters. The molecular formula is C12H28N3O3+. The Hall–Kier alpha value is -0.240. The minimum Gasteiger partial charge on any atom is -0.396 e. The molecule has 1 rings (SSSR count). The highest BCUT2D eigenvalue weighted by Crippen LogP contribution is 2.14. The number of hydrogen-bond acceptors (Lipinski definition) is 5. The molecule has 1 saturated heterocycles. The van der Waals surface area contributed by atoms with E-state index in [2.05, 4.69) is 10.2 Å². The van der Waals surface area contributed by atoms with Gasteiger partial charge in [-0.3, -0.25) is 9.80 Å². The summed E-state index contributed by atoms with van der Waals surface area (Å²) in [4.78, 5) is 2.30. The van der Waals surface area contributed by atoms with E-state index >= 15 is 0 Å². The number of rotatable bonds is 9. The fourth-order valence-corrected chi connectivity index (χ4v) is 2.64. The minimum absolute atomic E-state index is 0.218. The Labute approximate surface area is 109 Å². The molecule has 1 heterocycles. The van der Waals surface area contributed by atoms with E-state index in [0.29, 0.717) is 0 Å². The fourth-order valence-electron chi connectivity index (χ4n) is 2.64. The summed E-state index contributed by atoms with van der Waals surface area (Å²) in [6, 6.07) is 0. The molecule has 18 heavy (non-hydrogen) atoms. The van der Waals surface area contributed by atoms with Crippen LogP contribution in [-0.4, -0.2) is 84.2 Å². The van der Waals surface area contributed by atoms with E-state index < -0.39 is 0 Å². The second-order valence-corrected chi connectivity index (χ2v) is 5.12. The highest BCUT2D eigenvalue weighted by Gasteiger charge is 2.32. The summed E-state index contributed by atoms with van der Waals surface area (Å²) in [6.45, 7) is 6.11. The van der Waals surface area contributed by atoms with E-state index in [4.69, 9.17) is 15.3 Å². The zero-order valence-electron chi connectivity index (χ0n) is 11.2. The van der Waals surface area contributed by atoms with Gasteiger partial charge < -0.3 is 15.3 Å². The summed E-state index contributed by atoms with van der Waals surface area (Å²) in [5.74, 6) is 0. The van der Waals surface area contributed by atoms with Gasteiger partial charge in [-0.1, -0.05) is 0 Å². The van der Waals surface area contributed by atoms with Crippen molar-refractivity contribution in [2.75, 3.05) is 59.5 Å². The minimum atomic E-state index is 0.218. The topological polar surface area (TPSA) is 76.0 Å². The third kappa shape index (κ3) is 5.17.